The number of ether oxygens (including phenoxy) is 1. The molecule has 24 heavy (non-hydrogen) atoms. The monoisotopic (exact) mass is 326 g/mol. The number of esters is 1. The van der Waals surface area contributed by atoms with Crippen LogP contribution in [0.15, 0.2) is 39.3 Å². The van der Waals surface area contributed by atoms with Crippen LogP contribution in [0.25, 0.3) is 0 Å². The van der Waals surface area contributed by atoms with Crippen molar-refractivity contribution in [2.24, 2.45) is 17.3 Å². The van der Waals surface area contributed by atoms with E-state index in [1.807, 2.05) is 6.07 Å². The number of aromatic hydroxyl groups is 1. The Labute approximate surface area is 137 Å². The molecular formula is C16H14N4O4. The van der Waals surface area contributed by atoms with E-state index < -0.39 is 17.4 Å². The normalized spacial score (nSPS) is 10.6. The van der Waals surface area contributed by atoms with E-state index in [-0.39, 0.29) is 28.1 Å². The van der Waals surface area contributed by atoms with E-state index in [0.717, 1.165) is 4.57 Å². The summed E-state index contributed by atoms with van der Waals surface area (Å²) in [5.41, 5.74) is -0.144. The van der Waals surface area contributed by atoms with Crippen LogP contribution >= 0.6 is 0 Å². The van der Waals surface area contributed by atoms with Crippen molar-refractivity contribution < 1.29 is 14.6 Å². The minimum atomic E-state index is -0.608. The zero-order valence-corrected chi connectivity index (χ0v) is 13.3. The van der Waals surface area contributed by atoms with E-state index in [1.165, 1.54) is 27.1 Å². The highest BCUT2D eigenvalue weighted by Crippen LogP contribution is 2.27. The van der Waals surface area contributed by atoms with Crippen molar-refractivity contribution in [2.45, 2.75) is 6.92 Å². The molecule has 0 aliphatic carbocycles. The predicted molar refractivity (Wildman–Crippen MR) is 84.8 cm³/mol. The zero-order valence-electron chi connectivity index (χ0n) is 13.3. The number of carbonyl (C=O) groups excluding carboxylic acids is 1. The molecule has 1 aromatic heterocycles. The average molecular weight is 326 g/mol. The van der Waals surface area contributed by atoms with Gasteiger partial charge in [-0.3, -0.25) is 9.36 Å². The first-order valence-electron chi connectivity index (χ1n) is 6.84. The Hall–Kier alpha value is -3.47. The number of hydrogen-bond donors (Lipinski definition) is 1. The van der Waals surface area contributed by atoms with Gasteiger partial charge in [0.25, 0.3) is 5.56 Å². The minimum Gasteiger partial charge on any atom is -0.493 e. The molecule has 1 aromatic carbocycles. The molecule has 0 unspecified atom stereocenters. The number of hydrogen-bond acceptors (Lipinski definition) is 7. The second-order valence-electron chi connectivity index (χ2n) is 4.86. The number of nitrogens with zero attached hydrogens (tertiary/aromatic N) is 4. The molecule has 2 aromatic rings. The number of nitriles is 1. The van der Waals surface area contributed by atoms with Crippen LogP contribution < -0.4 is 5.56 Å². The summed E-state index contributed by atoms with van der Waals surface area (Å²) < 4.78 is 5.57. The highest BCUT2D eigenvalue weighted by atomic mass is 16.5. The number of methoxy groups -OCH3 is 1. The van der Waals surface area contributed by atoms with Gasteiger partial charge in [0, 0.05) is 12.6 Å². The van der Waals surface area contributed by atoms with E-state index >= 15 is 0 Å². The molecule has 8 nitrogen and oxygen atoms in total. The fourth-order valence-electron chi connectivity index (χ4n) is 2.07. The summed E-state index contributed by atoms with van der Waals surface area (Å²) in [7, 11) is 2.56. The Kier molecular flexibility index (Phi) is 4.75. The summed E-state index contributed by atoms with van der Waals surface area (Å²) in [6.07, 6.45) is 0. The number of carbonyl (C=O) groups is 1. The Morgan fingerprint density at radius 1 is 1.33 bits per heavy atom. The summed E-state index contributed by atoms with van der Waals surface area (Å²) in [5.74, 6) is -1.02. The van der Waals surface area contributed by atoms with Crippen LogP contribution in [0.2, 0.25) is 0 Å². The molecule has 0 bridgehead atoms. The number of aromatic nitrogens is 1. The second kappa shape index (κ2) is 6.75. The maximum Gasteiger partial charge on any atom is 0.340 e. The van der Waals surface area contributed by atoms with Crippen LogP contribution in [-0.4, -0.2) is 22.8 Å². The lowest BCUT2D eigenvalue weighted by atomic mass is 10.1. The molecule has 0 atom stereocenters. The first kappa shape index (κ1) is 16.9. The fourth-order valence-corrected chi connectivity index (χ4v) is 2.07. The molecule has 0 fully saturated rings. The molecule has 122 valence electrons. The molecule has 0 aliphatic heterocycles. The highest BCUT2D eigenvalue weighted by Gasteiger charge is 2.17. The molecule has 1 N–H and O–H groups in total. The van der Waals surface area contributed by atoms with Gasteiger partial charge in [-0.25, -0.2) is 4.79 Å². The maximum atomic E-state index is 12.2. The van der Waals surface area contributed by atoms with E-state index in [4.69, 9.17) is 5.26 Å². The summed E-state index contributed by atoms with van der Waals surface area (Å²) in [6, 6.07) is 8.18. The molecule has 8 heteroatoms. The molecule has 0 radical (unpaired) electrons. The number of benzene rings is 1. The maximum absolute atomic E-state index is 12.2. The highest BCUT2D eigenvalue weighted by molar-refractivity contribution is 5.94. The molecule has 0 spiro atoms. The first-order valence-corrected chi connectivity index (χ1v) is 6.84. The van der Waals surface area contributed by atoms with Gasteiger partial charge in [0.05, 0.1) is 12.7 Å². The average Bonchev–Trinajstić information content (AvgIpc) is 2.60. The van der Waals surface area contributed by atoms with Crippen molar-refractivity contribution in [3.05, 3.63) is 51.3 Å². The quantitative estimate of drug-likeness (QED) is 0.687. The molecule has 0 saturated carbocycles. The topological polar surface area (TPSA) is 117 Å². The van der Waals surface area contributed by atoms with E-state index in [1.54, 1.807) is 18.2 Å². The Balaban J connectivity index is 2.60. The lowest BCUT2D eigenvalue weighted by molar-refractivity contribution is 0.0601. The molecule has 0 saturated heterocycles. The van der Waals surface area contributed by atoms with Gasteiger partial charge in [-0.1, -0.05) is 12.1 Å². The SMILES string of the molecule is COC(=O)c1ccccc1N=Nc1c(C)c(C#N)c(O)n(C)c1=O. The van der Waals surface area contributed by atoms with E-state index in [2.05, 4.69) is 15.0 Å². The Bertz CT molecular complexity index is 938. The molecular weight excluding hydrogens is 312 g/mol. The van der Waals surface area contributed by atoms with Gasteiger partial charge in [0.15, 0.2) is 5.69 Å². The lowest BCUT2D eigenvalue weighted by Gasteiger charge is -2.08. The van der Waals surface area contributed by atoms with Crippen LogP contribution in [0.3, 0.4) is 0 Å². The van der Waals surface area contributed by atoms with Crippen molar-refractivity contribution in [3.63, 3.8) is 0 Å². The standard InChI is InChI=1S/C16H14N4O4/c1-9-11(8-17)14(21)20(2)15(22)13(9)19-18-12-7-5-4-6-10(12)16(23)24-3/h4-7,21H,1-3H3. The summed E-state index contributed by atoms with van der Waals surface area (Å²) in [4.78, 5) is 23.9. The number of azo groups is 1. The fraction of sp³-hybridized carbons (Fsp3) is 0.188. The van der Waals surface area contributed by atoms with Gasteiger partial charge in [0.2, 0.25) is 5.88 Å². The van der Waals surface area contributed by atoms with Crippen molar-refractivity contribution >= 4 is 17.3 Å². The van der Waals surface area contributed by atoms with Gasteiger partial charge in [0.1, 0.15) is 17.3 Å². The minimum absolute atomic E-state index is 0.0627. The van der Waals surface area contributed by atoms with Crippen LogP contribution in [0.1, 0.15) is 21.5 Å². The Morgan fingerprint density at radius 3 is 2.62 bits per heavy atom. The molecule has 0 aliphatic rings. The molecule has 2 rings (SSSR count). The van der Waals surface area contributed by atoms with Crippen LogP contribution in [0.5, 0.6) is 5.88 Å². The van der Waals surface area contributed by atoms with Crippen molar-refractivity contribution in [1.82, 2.24) is 4.57 Å². The van der Waals surface area contributed by atoms with Gasteiger partial charge in [-0.2, -0.15) is 5.26 Å². The third-order valence-corrected chi connectivity index (χ3v) is 3.46. The van der Waals surface area contributed by atoms with Gasteiger partial charge >= 0.3 is 5.97 Å². The van der Waals surface area contributed by atoms with Crippen LogP contribution in [-0.2, 0) is 11.8 Å². The number of pyridine rings is 1. The van der Waals surface area contributed by atoms with Crippen molar-refractivity contribution in [3.8, 4) is 11.9 Å². The van der Waals surface area contributed by atoms with Crippen molar-refractivity contribution in [1.29, 1.82) is 5.26 Å². The summed E-state index contributed by atoms with van der Waals surface area (Å²) in [5, 5.41) is 26.8. The number of rotatable bonds is 3. The lowest BCUT2D eigenvalue weighted by Crippen LogP contribution is -2.18. The Morgan fingerprint density at radius 2 is 2.00 bits per heavy atom. The smallest absolute Gasteiger partial charge is 0.340 e. The summed E-state index contributed by atoms with van der Waals surface area (Å²) in [6.45, 7) is 1.49. The zero-order chi connectivity index (χ0) is 17.9. The van der Waals surface area contributed by atoms with Crippen molar-refractivity contribution in [2.75, 3.05) is 7.11 Å². The third-order valence-electron chi connectivity index (χ3n) is 3.46. The first-order chi connectivity index (χ1) is 11.4. The van der Waals surface area contributed by atoms with Gasteiger partial charge in [-0.15, -0.1) is 10.2 Å². The van der Waals surface area contributed by atoms with E-state index in [9.17, 15) is 14.7 Å². The van der Waals surface area contributed by atoms with Crippen LogP contribution in [0, 0.1) is 18.3 Å². The van der Waals surface area contributed by atoms with Crippen LogP contribution in [0.4, 0.5) is 11.4 Å². The third kappa shape index (κ3) is 2.87. The second-order valence-corrected chi connectivity index (χ2v) is 4.86. The van der Waals surface area contributed by atoms with Gasteiger partial charge in [-0.05, 0) is 19.1 Å². The van der Waals surface area contributed by atoms with Gasteiger partial charge < -0.3 is 9.84 Å². The molecule has 1 heterocycles. The molecule has 0 amide bonds. The summed E-state index contributed by atoms with van der Waals surface area (Å²) >= 11 is 0. The largest absolute Gasteiger partial charge is 0.493 e. The predicted octanol–water partition coefficient (Wildman–Crippen LogP) is 2.47. The van der Waals surface area contributed by atoms with E-state index in [0.29, 0.717) is 0 Å².